The highest BCUT2D eigenvalue weighted by Crippen LogP contribution is 2.27. The molecule has 1 heterocycles. The molecular formula is C8H12N4O2. The van der Waals surface area contributed by atoms with Crippen LogP contribution in [0.2, 0.25) is 0 Å². The maximum Gasteiger partial charge on any atom is 0.279 e. The average Bonchev–Trinajstić information content (AvgIpc) is 2.90. The van der Waals surface area contributed by atoms with Gasteiger partial charge in [0.25, 0.3) is 11.5 Å². The van der Waals surface area contributed by atoms with E-state index in [2.05, 4.69) is 15.5 Å². The molecule has 6 nitrogen and oxygen atoms in total. The third kappa shape index (κ3) is 1.63. The molecule has 1 aliphatic carbocycles. The molecule has 0 bridgehead atoms. The van der Waals surface area contributed by atoms with Crippen LogP contribution in [0.3, 0.4) is 0 Å². The van der Waals surface area contributed by atoms with Gasteiger partial charge >= 0.3 is 0 Å². The SMILES string of the molecule is Nc1[nH][nH]c(=O)c1C(=O)NCC1CC1. The summed E-state index contributed by atoms with van der Waals surface area (Å²) < 4.78 is 0. The van der Waals surface area contributed by atoms with E-state index in [4.69, 9.17) is 5.73 Å². The fourth-order valence-electron chi connectivity index (χ4n) is 1.24. The van der Waals surface area contributed by atoms with Crippen LogP contribution in [0.4, 0.5) is 5.82 Å². The van der Waals surface area contributed by atoms with Gasteiger partial charge in [0.05, 0.1) is 0 Å². The highest BCUT2D eigenvalue weighted by atomic mass is 16.2. The van der Waals surface area contributed by atoms with E-state index >= 15 is 0 Å². The van der Waals surface area contributed by atoms with Crippen molar-refractivity contribution >= 4 is 11.7 Å². The van der Waals surface area contributed by atoms with Gasteiger partial charge in [0.15, 0.2) is 0 Å². The molecule has 1 aromatic heterocycles. The molecular weight excluding hydrogens is 184 g/mol. The second-order valence-electron chi connectivity index (χ2n) is 3.52. The van der Waals surface area contributed by atoms with Gasteiger partial charge in [-0.25, -0.2) is 0 Å². The molecule has 0 aromatic carbocycles. The van der Waals surface area contributed by atoms with Crippen LogP contribution in [0.5, 0.6) is 0 Å². The molecule has 0 radical (unpaired) electrons. The Hall–Kier alpha value is -1.72. The molecule has 1 saturated carbocycles. The Labute approximate surface area is 79.9 Å². The molecule has 0 saturated heterocycles. The molecule has 76 valence electrons. The monoisotopic (exact) mass is 196 g/mol. The average molecular weight is 196 g/mol. The Balaban J connectivity index is 2.05. The molecule has 1 aliphatic rings. The van der Waals surface area contributed by atoms with Crippen LogP contribution in [0.1, 0.15) is 23.2 Å². The smallest absolute Gasteiger partial charge is 0.279 e. The normalized spacial score (nSPS) is 15.4. The van der Waals surface area contributed by atoms with Crippen LogP contribution in [-0.4, -0.2) is 22.6 Å². The van der Waals surface area contributed by atoms with Gasteiger partial charge in [0.1, 0.15) is 11.4 Å². The Morgan fingerprint density at radius 1 is 1.50 bits per heavy atom. The summed E-state index contributed by atoms with van der Waals surface area (Å²) in [5, 5.41) is 7.32. The Morgan fingerprint density at radius 3 is 2.71 bits per heavy atom. The number of H-pyrrole nitrogens is 2. The number of aromatic amines is 2. The summed E-state index contributed by atoms with van der Waals surface area (Å²) >= 11 is 0. The molecule has 5 N–H and O–H groups in total. The van der Waals surface area contributed by atoms with Crippen molar-refractivity contribution < 1.29 is 4.79 Å². The fraction of sp³-hybridized carbons (Fsp3) is 0.500. The summed E-state index contributed by atoms with van der Waals surface area (Å²) in [6.45, 7) is 0.628. The van der Waals surface area contributed by atoms with Crippen molar-refractivity contribution in [2.24, 2.45) is 5.92 Å². The first-order valence-electron chi connectivity index (χ1n) is 4.53. The Morgan fingerprint density at radius 2 is 2.21 bits per heavy atom. The second kappa shape index (κ2) is 3.21. The molecule has 2 rings (SSSR count). The van der Waals surface area contributed by atoms with Gasteiger partial charge in [-0.1, -0.05) is 0 Å². The molecule has 14 heavy (non-hydrogen) atoms. The van der Waals surface area contributed by atoms with Crippen molar-refractivity contribution in [1.29, 1.82) is 0 Å². The van der Waals surface area contributed by atoms with E-state index in [0.717, 1.165) is 12.8 Å². The lowest BCUT2D eigenvalue weighted by Gasteiger charge is -2.00. The Bertz CT molecular complexity index is 402. The van der Waals surface area contributed by atoms with Gasteiger partial charge in [0, 0.05) is 6.54 Å². The van der Waals surface area contributed by atoms with Crippen molar-refractivity contribution in [1.82, 2.24) is 15.5 Å². The summed E-state index contributed by atoms with van der Waals surface area (Å²) in [7, 11) is 0. The summed E-state index contributed by atoms with van der Waals surface area (Å²) in [6.07, 6.45) is 2.30. The summed E-state index contributed by atoms with van der Waals surface area (Å²) in [5.74, 6) is 0.262. The van der Waals surface area contributed by atoms with E-state index in [1.807, 2.05) is 0 Å². The largest absolute Gasteiger partial charge is 0.383 e. The predicted octanol–water partition coefficient (Wildman–Crippen LogP) is -0.575. The van der Waals surface area contributed by atoms with Gasteiger partial charge in [0.2, 0.25) is 0 Å². The third-order valence-corrected chi connectivity index (χ3v) is 2.28. The van der Waals surface area contributed by atoms with Gasteiger partial charge in [-0.05, 0) is 18.8 Å². The number of carbonyl (C=O) groups is 1. The zero-order valence-electron chi connectivity index (χ0n) is 7.59. The summed E-state index contributed by atoms with van der Waals surface area (Å²) in [5.41, 5.74) is 4.92. The van der Waals surface area contributed by atoms with E-state index < -0.39 is 11.5 Å². The predicted molar refractivity (Wildman–Crippen MR) is 50.9 cm³/mol. The first-order valence-corrected chi connectivity index (χ1v) is 4.53. The Kier molecular flexibility index (Phi) is 2.03. The highest BCUT2D eigenvalue weighted by molar-refractivity contribution is 5.97. The van der Waals surface area contributed by atoms with Gasteiger partial charge in [-0.2, -0.15) is 0 Å². The summed E-state index contributed by atoms with van der Waals surface area (Å²) in [4.78, 5) is 22.6. The van der Waals surface area contributed by atoms with E-state index in [9.17, 15) is 9.59 Å². The van der Waals surface area contributed by atoms with Gasteiger partial charge < -0.3 is 11.1 Å². The zero-order valence-corrected chi connectivity index (χ0v) is 7.59. The molecule has 1 aromatic rings. The van der Waals surface area contributed by atoms with E-state index in [1.165, 1.54) is 0 Å². The minimum atomic E-state index is -0.476. The number of hydrogen-bond acceptors (Lipinski definition) is 3. The number of amides is 1. The number of nitrogens with one attached hydrogen (secondary N) is 3. The van der Waals surface area contributed by atoms with Gasteiger partial charge in [-0.15, -0.1) is 0 Å². The van der Waals surface area contributed by atoms with Crippen LogP contribution in [0.25, 0.3) is 0 Å². The number of nitrogens with two attached hydrogens (primary N) is 1. The standard InChI is InChI=1S/C8H12N4O2/c9-6-5(8(14)12-11-6)7(13)10-3-4-1-2-4/h4H,1-3H2,(H,10,13)(H4,9,11,12,14). The minimum absolute atomic E-state index is 0.0225. The van der Waals surface area contributed by atoms with E-state index in [1.54, 1.807) is 0 Å². The molecule has 0 atom stereocenters. The van der Waals surface area contributed by atoms with Crippen molar-refractivity contribution in [3.05, 3.63) is 15.9 Å². The molecule has 6 heteroatoms. The first kappa shape index (κ1) is 8.86. The molecule has 1 amide bonds. The van der Waals surface area contributed by atoms with Crippen LogP contribution in [0.15, 0.2) is 4.79 Å². The second-order valence-corrected chi connectivity index (χ2v) is 3.52. The van der Waals surface area contributed by atoms with E-state index in [0.29, 0.717) is 12.5 Å². The van der Waals surface area contributed by atoms with Crippen molar-refractivity contribution in [3.8, 4) is 0 Å². The van der Waals surface area contributed by atoms with Gasteiger partial charge in [-0.3, -0.25) is 19.8 Å². The molecule has 0 unspecified atom stereocenters. The molecule has 0 spiro atoms. The number of nitrogen functional groups attached to an aromatic ring is 1. The number of rotatable bonds is 3. The number of aromatic nitrogens is 2. The van der Waals surface area contributed by atoms with Crippen molar-refractivity contribution in [2.75, 3.05) is 12.3 Å². The fourth-order valence-corrected chi connectivity index (χ4v) is 1.24. The maximum absolute atomic E-state index is 11.4. The minimum Gasteiger partial charge on any atom is -0.383 e. The van der Waals surface area contributed by atoms with Crippen LogP contribution < -0.4 is 16.6 Å². The topological polar surface area (TPSA) is 104 Å². The van der Waals surface area contributed by atoms with Crippen LogP contribution >= 0.6 is 0 Å². The third-order valence-electron chi connectivity index (χ3n) is 2.28. The number of anilines is 1. The highest BCUT2D eigenvalue weighted by Gasteiger charge is 2.23. The summed E-state index contributed by atoms with van der Waals surface area (Å²) in [6, 6.07) is 0. The zero-order chi connectivity index (χ0) is 10.1. The lowest BCUT2D eigenvalue weighted by atomic mass is 10.3. The maximum atomic E-state index is 11.4. The van der Waals surface area contributed by atoms with Crippen LogP contribution in [-0.2, 0) is 0 Å². The number of carbonyl (C=O) groups excluding carboxylic acids is 1. The molecule has 0 aliphatic heterocycles. The lowest BCUT2D eigenvalue weighted by Crippen LogP contribution is -2.29. The molecule has 1 fully saturated rings. The van der Waals surface area contributed by atoms with Crippen molar-refractivity contribution in [3.63, 3.8) is 0 Å². The van der Waals surface area contributed by atoms with Crippen LogP contribution in [0, 0.1) is 5.92 Å². The lowest BCUT2D eigenvalue weighted by molar-refractivity contribution is 0.0951. The first-order chi connectivity index (χ1) is 6.68. The van der Waals surface area contributed by atoms with Crippen molar-refractivity contribution in [2.45, 2.75) is 12.8 Å². The quantitative estimate of drug-likeness (QED) is 0.520. The number of hydrogen-bond donors (Lipinski definition) is 4. The van der Waals surface area contributed by atoms with E-state index in [-0.39, 0.29) is 11.4 Å².